The first-order valence-corrected chi connectivity index (χ1v) is 4.94. The fourth-order valence-corrected chi connectivity index (χ4v) is 1.10. The van der Waals surface area contributed by atoms with E-state index in [0.717, 1.165) is 45.9 Å². The molecule has 4 nitrogen and oxygen atoms in total. The summed E-state index contributed by atoms with van der Waals surface area (Å²) in [7, 11) is 0. The fraction of sp³-hybridized carbons (Fsp3) is 1.00. The van der Waals surface area contributed by atoms with Crippen molar-refractivity contribution in [2.24, 2.45) is 0 Å². The van der Waals surface area contributed by atoms with Crippen molar-refractivity contribution in [1.29, 1.82) is 0 Å². The van der Waals surface area contributed by atoms with Gasteiger partial charge in [0.25, 0.3) is 0 Å². The lowest BCUT2D eigenvalue weighted by molar-refractivity contribution is 0.0416. The van der Waals surface area contributed by atoms with E-state index in [9.17, 15) is 0 Å². The number of rotatable bonds is 0. The molecule has 0 aromatic carbocycles. The highest BCUT2D eigenvalue weighted by Crippen LogP contribution is 1.86. The summed E-state index contributed by atoms with van der Waals surface area (Å²) in [6.07, 6.45) is 0.972. The zero-order chi connectivity index (χ0) is 9.19. The molecule has 0 aromatic rings. The molecule has 0 saturated carbocycles. The molecule has 1 heterocycles. The maximum absolute atomic E-state index is 5.36. The summed E-state index contributed by atoms with van der Waals surface area (Å²) < 4.78 is 16.0. The first-order chi connectivity index (χ1) is 6.50. The van der Waals surface area contributed by atoms with Gasteiger partial charge in [-0.25, -0.2) is 0 Å². The Hall–Kier alpha value is -0.160. The van der Waals surface area contributed by atoms with E-state index < -0.39 is 0 Å². The van der Waals surface area contributed by atoms with Crippen molar-refractivity contribution < 1.29 is 14.2 Å². The Kier molecular flexibility index (Phi) is 7.09. The summed E-state index contributed by atoms with van der Waals surface area (Å²) in [5.74, 6) is 0. The van der Waals surface area contributed by atoms with Crippen LogP contribution in [0.1, 0.15) is 6.42 Å². The summed E-state index contributed by atoms with van der Waals surface area (Å²) in [6.45, 7) is 6.29. The van der Waals surface area contributed by atoms with Crippen molar-refractivity contribution >= 4 is 0 Å². The fourth-order valence-electron chi connectivity index (χ4n) is 1.10. The second-order valence-electron chi connectivity index (χ2n) is 2.94. The van der Waals surface area contributed by atoms with Crippen LogP contribution in [0, 0.1) is 0 Å². The molecule has 1 fully saturated rings. The molecule has 1 N–H and O–H groups in total. The maximum Gasteiger partial charge on any atom is 0.0701 e. The average molecular weight is 189 g/mol. The molecule has 0 bridgehead atoms. The Morgan fingerprint density at radius 3 is 1.85 bits per heavy atom. The van der Waals surface area contributed by atoms with E-state index in [1.807, 2.05) is 0 Å². The topological polar surface area (TPSA) is 39.7 Å². The molecule has 0 radical (unpaired) electrons. The minimum atomic E-state index is 0.694. The number of nitrogens with one attached hydrogen (secondary N) is 1. The molecule has 1 aliphatic heterocycles. The second-order valence-corrected chi connectivity index (χ2v) is 2.94. The van der Waals surface area contributed by atoms with Crippen molar-refractivity contribution in [3.8, 4) is 0 Å². The highest BCUT2D eigenvalue weighted by Gasteiger charge is 1.94. The molecule has 0 atom stereocenters. The quantitative estimate of drug-likeness (QED) is 0.583. The molecule has 1 rings (SSSR count). The van der Waals surface area contributed by atoms with Gasteiger partial charge in [-0.1, -0.05) is 0 Å². The van der Waals surface area contributed by atoms with Crippen LogP contribution in [0.3, 0.4) is 0 Å². The van der Waals surface area contributed by atoms with Gasteiger partial charge in [-0.15, -0.1) is 0 Å². The van der Waals surface area contributed by atoms with Gasteiger partial charge < -0.3 is 19.5 Å². The molecular weight excluding hydrogens is 170 g/mol. The van der Waals surface area contributed by atoms with Gasteiger partial charge in [-0.2, -0.15) is 0 Å². The monoisotopic (exact) mass is 189 g/mol. The van der Waals surface area contributed by atoms with Crippen LogP contribution in [0.25, 0.3) is 0 Å². The van der Waals surface area contributed by atoms with Crippen LogP contribution in [-0.4, -0.2) is 52.7 Å². The summed E-state index contributed by atoms with van der Waals surface area (Å²) in [5, 5.41) is 3.23. The van der Waals surface area contributed by atoms with E-state index >= 15 is 0 Å². The third-order valence-electron chi connectivity index (χ3n) is 1.80. The Morgan fingerprint density at radius 1 is 0.615 bits per heavy atom. The van der Waals surface area contributed by atoms with Crippen LogP contribution in [0.2, 0.25) is 0 Å². The van der Waals surface area contributed by atoms with Crippen LogP contribution in [0.4, 0.5) is 0 Å². The van der Waals surface area contributed by atoms with E-state index in [-0.39, 0.29) is 0 Å². The number of hydrogen-bond donors (Lipinski definition) is 1. The van der Waals surface area contributed by atoms with Crippen LogP contribution >= 0.6 is 0 Å². The molecule has 0 aromatic heterocycles. The predicted octanol–water partition coefficient (Wildman–Crippen LogP) is 0.0295. The zero-order valence-corrected chi connectivity index (χ0v) is 8.09. The van der Waals surface area contributed by atoms with Crippen molar-refractivity contribution in [3.05, 3.63) is 0 Å². The van der Waals surface area contributed by atoms with E-state index in [2.05, 4.69) is 5.32 Å². The zero-order valence-electron chi connectivity index (χ0n) is 8.09. The summed E-state index contributed by atoms with van der Waals surface area (Å²) in [4.78, 5) is 0. The predicted molar refractivity (Wildman–Crippen MR) is 49.9 cm³/mol. The highest BCUT2D eigenvalue weighted by atomic mass is 16.5. The largest absolute Gasteiger partial charge is 0.380 e. The second kappa shape index (κ2) is 8.44. The van der Waals surface area contributed by atoms with Crippen molar-refractivity contribution in [3.63, 3.8) is 0 Å². The minimum Gasteiger partial charge on any atom is -0.380 e. The Bertz CT molecular complexity index is 62.9. The van der Waals surface area contributed by atoms with Crippen molar-refractivity contribution in [2.45, 2.75) is 6.42 Å². The summed E-state index contributed by atoms with van der Waals surface area (Å²) >= 11 is 0. The van der Waals surface area contributed by atoms with Crippen LogP contribution in [0.15, 0.2) is 0 Å². The minimum absolute atomic E-state index is 0.694. The van der Waals surface area contributed by atoms with Gasteiger partial charge in [0.05, 0.1) is 26.4 Å². The van der Waals surface area contributed by atoms with Gasteiger partial charge in [0.2, 0.25) is 0 Å². The lowest BCUT2D eigenvalue weighted by atomic mass is 10.5. The Morgan fingerprint density at radius 2 is 1.15 bits per heavy atom. The first kappa shape index (κ1) is 10.9. The number of hydrogen-bond acceptors (Lipinski definition) is 4. The van der Waals surface area contributed by atoms with Gasteiger partial charge in [0.15, 0.2) is 0 Å². The van der Waals surface area contributed by atoms with E-state index in [1.54, 1.807) is 0 Å². The molecule has 0 aliphatic carbocycles. The van der Waals surface area contributed by atoms with Crippen LogP contribution in [-0.2, 0) is 14.2 Å². The highest BCUT2D eigenvalue weighted by molar-refractivity contribution is 4.46. The maximum atomic E-state index is 5.36. The van der Waals surface area contributed by atoms with E-state index in [1.165, 1.54) is 0 Å². The molecule has 0 spiro atoms. The first-order valence-electron chi connectivity index (χ1n) is 4.94. The average Bonchev–Trinajstić information content (AvgIpc) is 2.18. The third-order valence-corrected chi connectivity index (χ3v) is 1.80. The van der Waals surface area contributed by atoms with Gasteiger partial charge in [-0.05, 0) is 6.42 Å². The molecule has 78 valence electrons. The molecule has 13 heavy (non-hydrogen) atoms. The SMILES string of the molecule is C1COCCNCCOCCOC1. The number of ether oxygens (including phenoxy) is 3. The Labute approximate surface area is 79.5 Å². The molecule has 0 unspecified atom stereocenters. The molecule has 1 aliphatic rings. The van der Waals surface area contributed by atoms with E-state index in [4.69, 9.17) is 14.2 Å². The lowest BCUT2D eigenvalue weighted by Gasteiger charge is -2.04. The smallest absolute Gasteiger partial charge is 0.0701 e. The van der Waals surface area contributed by atoms with Crippen molar-refractivity contribution in [2.75, 3.05) is 52.7 Å². The molecular formula is C9H19NO3. The Balaban J connectivity index is 2.01. The molecule has 1 saturated heterocycles. The standard InChI is InChI=1S/C9H19NO3/c1-4-11-6-2-10-3-7-13-9-8-12-5-1/h10H,1-9H2. The van der Waals surface area contributed by atoms with Gasteiger partial charge in [0.1, 0.15) is 0 Å². The van der Waals surface area contributed by atoms with Crippen LogP contribution in [0.5, 0.6) is 0 Å². The van der Waals surface area contributed by atoms with Crippen molar-refractivity contribution in [1.82, 2.24) is 5.32 Å². The third kappa shape index (κ3) is 6.95. The summed E-state index contributed by atoms with van der Waals surface area (Å²) in [6, 6.07) is 0. The van der Waals surface area contributed by atoms with Gasteiger partial charge in [0, 0.05) is 26.3 Å². The molecule has 4 heteroatoms. The van der Waals surface area contributed by atoms with Crippen LogP contribution < -0.4 is 5.32 Å². The van der Waals surface area contributed by atoms with E-state index in [0.29, 0.717) is 13.2 Å². The molecule has 0 amide bonds. The normalized spacial score (nSPS) is 24.0. The summed E-state index contributed by atoms with van der Waals surface area (Å²) in [5.41, 5.74) is 0. The lowest BCUT2D eigenvalue weighted by Crippen LogP contribution is -2.24. The van der Waals surface area contributed by atoms with Gasteiger partial charge >= 0.3 is 0 Å². The van der Waals surface area contributed by atoms with Gasteiger partial charge in [-0.3, -0.25) is 0 Å².